The van der Waals surface area contributed by atoms with Gasteiger partial charge >= 0.3 is 0 Å². The van der Waals surface area contributed by atoms with Crippen LogP contribution in [-0.4, -0.2) is 24.7 Å². The van der Waals surface area contributed by atoms with E-state index in [0.717, 1.165) is 21.5 Å². The molecule has 0 aliphatic carbocycles. The second-order valence-corrected chi connectivity index (χ2v) is 4.99. The summed E-state index contributed by atoms with van der Waals surface area (Å²) < 4.78 is 2.62. The van der Waals surface area contributed by atoms with Gasteiger partial charge in [-0.25, -0.2) is 19.6 Å². The highest BCUT2D eigenvalue weighted by atomic mass is 79.9. The van der Waals surface area contributed by atoms with Crippen LogP contribution in [0, 0.1) is 0 Å². The molecule has 100 valence electrons. The molecule has 0 unspecified atom stereocenters. The molecule has 0 spiro atoms. The average molecular weight is 331 g/mol. The Morgan fingerprint density at radius 1 is 1.20 bits per heavy atom. The number of pyridine rings is 1. The lowest BCUT2D eigenvalue weighted by Crippen LogP contribution is -2.07. The lowest BCUT2D eigenvalue weighted by atomic mass is 10.3. The number of halogens is 1. The molecule has 1 N–H and O–H groups in total. The van der Waals surface area contributed by atoms with E-state index in [1.54, 1.807) is 29.5 Å². The average Bonchev–Trinajstić information content (AvgIpc) is 3.00. The van der Waals surface area contributed by atoms with E-state index in [2.05, 4.69) is 41.3 Å². The van der Waals surface area contributed by atoms with E-state index < -0.39 is 0 Å². The number of aromatic nitrogens is 5. The summed E-state index contributed by atoms with van der Waals surface area (Å²) in [5.74, 6) is 0.745. The Labute approximate surface area is 124 Å². The summed E-state index contributed by atoms with van der Waals surface area (Å²) in [5, 5.41) is 7.53. The minimum Gasteiger partial charge on any atom is -0.378 e. The number of nitrogens with zero attached hydrogens (tertiary/aromatic N) is 5. The van der Waals surface area contributed by atoms with E-state index in [9.17, 15) is 0 Å². The van der Waals surface area contributed by atoms with Gasteiger partial charge in [0.15, 0.2) is 5.82 Å². The SMILES string of the molecule is Brc1cnc(-n2cccn2)c(NCc2cncnc2)c1. The normalized spacial score (nSPS) is 10.4. The lowest BCUT2D eigenvalue weighted by molar-refractivity contribution is 0.845. The first kappa shape index (κ1) is 12.7. The molecule has 0 aliphatic heterocycles. The van der Waals surface area contributed by atoms with Crippen LogP contribution in [0.25, 0.3) is 5.82 Å². The first-order valence-corrected chi connectivity index (χ1v) is 6.75. The van der Waals surface area contributed by atoms with E-state index in [1.165, 1.54) is 6.33 Å². The maximum atomic E-state index is 4.39. The summed E-state index contributed by atoms with van der Waals surface area (Å²) in [5.41, 5.74) is 1.88. The van der Waals surface area contributed by atoms with E-state index >= 15 is 0 Å². The van der Waals surface area contributed by atoms with E-state index in [1.807, 2.05) is 18.3 Å². The third-order valence-electron chi connectivity index (χ3n) is 2.65. The fraction of sp³-hybridized carbons (Fsp3) is 0.0769. The maximum Gasteiger partial charge on any atom is 0.176 e. The molecule has 3 heterocycles. The maximum absolute atomic E-state index is 4.39. The molecule has 0 atom stereocenters. The monoisotopic (exact) mass is 330 g/mol. The van der Waals surface area contributed by atoms with Crippen LogP contribution in [0.3, 0.4) is 0 Å². The van der Waals surface area contributed by atoms with Gasteiger partial charge in [-0.3, -0.25) is 0 Å². The molecule has 3 rings (SSSR count). The van der Waals surface area contributed by atoms with Crippen molar-refractivity contribution in [2.45, 2.75) is 6.54 Å². The summed E-state index contributed by atoms with van der Waals surface area (Å²) in [7, 11) is 0. The molecule has 0 bridgehead atoms. The summed E-state index contributed by atoms with van der Waals surface area (Å²) in [6.45, 7) is 0.618. The van der Waals surface area contributed by atoms with Crippen molar-refractivity contribution < 1.29 is 0 Å². The van der Waals surface area contributed by atoms with Crippen molar-refractivity contribution in [1.29, 1.82) is 0 Å². The largest absolute Gasteiger partial charge is 0.378 e. The molecule has 7 heteroatoms. The van der Waals surface area contributed by atoms with Crippen LogP contribution in [0.4, 0.5) is 5.69 Å². The quantitative estimate of drug-likeness (QED) is 0.795. The van der Waals surface area contributed by atoms with Crippen LogP contribution in [0.1, 0.15) is 5.56 Å². The minimum absolute atomic E-state index is 0.618. The minimum atomic E-state index is 0.618. The van der Waals surface area contributed by atoms with Crippen LogP contribution in [-0.2, 0) is 6.54 Å². The molecule has 0 saturated heterocycles. The van der Waals surface area contributed by atoms with Crippen molar-refractivity contribution in [2.75, 3.05) is 5.32 Å². The molecular formula is C13H11BrN6. The second-order valence-electron chi connectivity index (χ2n) is 4.08. The van der Waals surface area contributed by atoms with Gasteiger partial charge in [-0.05, 0) is 28.1 Å². The Bertz CT molecular complexity index is 683. The zero-order chi connectivity index (χ0) is 13.8. The predicted molar refractivity (Wildman–Crippen MR) is 78.4 cm³/mol. The van der Waals surface area contributed by atoms with Gasteiger partial charge in [0.1, 0.15) is 6.33 Å². The molecule has 0 radical (unpaired) electrons. The third-order valence-corrected chi connectivity index (χ3v) is 3.09. The van der Waals surface area contributed by atoms with Crippen LogP contribution in [0.2, 0.25) is 0 Å². The van der Waals surface area contributed by atoms with Gasteiger partial charge in [-0.15, -0.1) is 0 Å². The van der Waals surface area contributed by atoms with E-state index in [-0.39, 0.29) is 0 Å². The van der Waals surface area contributed by atoms with Crippen molar-refractivity contribution in [2.24, 2.45) is 0 Å². The molecule has 0 fully saturated rings. The van der Waals surface area contributed by atoms with Crippen molar-refractivity contribution >= 4 is 21.6 Å². The first-order chi connectivity index (χ1) is 9.83. The summed E-state index contributed by atoms with van der Waals surface area (Å²) in [6.07, 6.45) is 10.4. The summed E-state index contributed by atoms with van der Waals surface area (Å²) >= 11 is 3.43. The Hall–Kier alpha value is -2.28. The van der Waals surface area contributed by atoms with Crippen molar-refractivity contribution in [3.05, 3.63) is 59.5 Å². The van der Waals surface area contributed by atoms with Gasteiger partial charge < -0.3 is 5.32 Å². The van der Waals surface area contributed by atoms with E-state index in [4.69, 9.17) is 0 Å². The summed E-state index contributed by atoms with van der Waals surface area (Å²) in [4.78, 5) is 12.4. The first-order valence-electron chi connectivity index (χ1n) is 5.96. The molecule has 0 amide bonds. The van der Waals surface area contributed by atoms with Gasteiger partial charge in [0.2, 0.25) is 0 Å². The number of hydrogen-bond acceptors (Lipinski definition) is 5. The van der Waals surface area contributed by atoms with Gasteiger partial charge in [-0.2, -0.15) is 5.10 Å². The van der Waals surface area contributed by atoms with Crippen molar-refractivity contribution in [3.8, 4) is 5.82 Å². The fourth-order valence-electron chi connectivity index (χ4n) is 1.76. The van der Waals surface area contributed by atoms with Crippen LogP contribution < -0.4 is 5.32 Å². The van der Waals surface area contributed by atoms with Gasteiger partial charge in [0.05, 0.1) is 5.69 Å². The van der Waals surface area contributed by atoms with Crippen LogP contribution in [0.15, 0.2) is 53.9 Å². The highest BCUT2D eigenvalue weighted by molar-refractivity contribution is 9.10. The Kier molecular flexibility index (Phi) is 3.69. The fourth-order valence-corrected chi connectivity index (χ4v) is 2.09. The molecule has 0 saturated carbocycles. The van der Waals surface area contributed by atoms with Crippen LogP contribution >= 0.6 is 15.9 Å². The molecule has 0 aromatic carbocycles. The molecule has 6 nitrogen and oxygen atoms in total. The van der Waals surface area contributed by atoms with E-state index in [0.29, 0.717) is 6.54 Å². The lowest BCUT2D eigenvalue weighted by Gasteiger charge is -2.11. The molecule has 20 heavy (non-hydrogen) atoms. The second kappa shape index (κ2) is 5.79. The molecule has 3 aromatic heterocycles. The smallest absolute Gasteiger partial charge is 0.176 e. The van der Waals surface area contributed by atoms with Gasteiger partial charge in [-0.1, -0.05) is 0 Å². The number of rotatable bonds is 4. The Balaban J connectivity index is 1.87. The number of hydrogen-bond donors (Lipinski definition) is 1. The predicted octanol–water partition coefficient (Wildman–Crippen LogP) is 2.43. The molecular weight excluding hydrogens is 320 g/mol. The molecule has 0 aliphatic rings. The topological polar surface area (TPSA) is 68.5 Å². The highest BCUT2D eigenvalue weighted by Gasteiger charge is 2.07. The van der Waals surface area contributed by atoms with Crippen LogP contribution in [0.5, 0.6) is 0 Å². The van der Waals surface area contributed by atoms with Crippen molar-refractivity contribution in [1.82, 2.24) is 24.7 Å². The standard InChI is InChI=1S/C13H11BrN6/c14-11-4-12(17-7-10-5-15-9-16-6-10)13(18-8-11)20-3-1-2-19-20/h1-6,8-9,17H,7H2. The number of nitrogens with one attached hydrogen (secondary N) is 1. The highest BCUT2D eigenvalue weighted by Crippen LogP contribution is 2.22. The molecule has 3 aromatic rings. The van der Waals surface area contributed by atoms with Gasteiger partial charge in [0, 0.05) is 47.6 Å². The number of anilines is 1. The van der Waals surface area contributed by atoms with Crippen molar-refractivity contribution in [3.63, 3.8) is 0 Å². The Morgan fingerprint density at radius 3 is 2.80 bits per heavy atom. The zero-order valence-electron chi connectivity index (χ0n) is 10.4. The summed E-state index contributed by atoms with van der Waals surface area (Å²) in [6, 6.07) is 3.83. The third kappa shape index (κ3) is 2.83. The van der Waals surface area contributed by atoms with Gasteiger partial charge in [0.25, 0.3) is 0 Å². The Morgan fingerprint density at radius 2 is 2.05 bits per heavy atom. The zero-order valence-corrected chi connectivity index (χ0v) is 12.0.